The molecule has 0 aliphatic rings. The molecule has 98 valence electrons. The fraction of sp³-hybridized carbons (Fsp3) is 0.273. The molecule has 0 aromatic heterocycles. The molecule has 0 atom stereocenters. The van der Waals surface area contributed by atoms with Crippen molar-refractivity contribution in [1.82, 2.24) is 0 Å². The smallest absolute Gasteiger partial charge is 0.387 e. The molecule has 7 heteroatoms. The number of rotatable bonds is 5. The lowest BCUT2D eigenvalue weighted by Gasteiger charge is -2.10. The lowest BCUT2D eigenvalue weighted by atomic mass is 10.2. The lowest BCUT2D eigenvalue weighted by molar-refractivity contribution is -0.422. The number of alkyl halides is 2. The maximum atomic E-state index is 12.2. The van der Waals surface area contributed by atoms with Gasteiger partial charge in [0.15, 0.2) is 11.5 Å². The van der Waals surface area contributed by atoms with Crippen LogP contribution in [0.5, 0.6) is 11.5 Å². The summed E-state index contributed by atoms with van der Waals surface area (Å²) >= 11 is 0. The lowest BCUT2D eigenvalue weighted by Crippen LogP contribution is -2.03. The molecule has 18 heavy (non-hydrogen) atoms. The number of nitro groups is 1. The van der Waals surface area contributed by atoms with Crippen molar-refractivity contribution < 1.29 is 23.2 Å². The van der Waals surface area contributed by atoms with Crippen molar-refractivity contribution in [1.29, 1.82) is 0 Å². The van der Waals surface area contributed by atoms with Crippen LogP contribution >= 0.6 is 0 Å². The number of nitrogens with zero attached hydrogens (tertiary/aromatic N) is 1. The zero-order chi connectivity index (χ0) is 13.7. The molecule has 0 spiro atoms. The predicted molar refractivity (Wildman–Crippen MR) is 60.3 cm³/mol. The Bertz CT molecular complexity index is 474. The second-order valence-electron chi connectivity index (χ2n) is 3.33. The summed E-state index contributed by atoms with van der Waals surface area (Å²) in [5.74, 6) is -0.0383. The fourth-order valence-electron chi connectivity index (χ4n) is 1.27. The molecule has 0 amide bonds. The minimum Gasteiger partial charge on any atom is -0.493 e. The Morgan fingerprint density at radius 1 is 1.44 bits per heavy atom. The van der Waals surface area contributed by atoms with Gasteiger partial charge in [-0.05, 0) is 17.7 Å². The van der Waals surface area contributed by atoms with Gasteiger partial charge in [0.2, 0.25) is 5.70 Å². The van der Waals surface area contributed by atoms with Crippen molar-refractivity contribution in [2.45, 2.75) is 13.5 Å². The van der Waals surface area contributed by atoms with E-state index in [9.17, 15) is 18.9 Å². The van der Waals surface area contributed by atoms with Gasteiger partial charge in [-0.1, -0.05) is 6.07 Å². The SMILES string of the molecule is COc1ccc(/C=C(/C)[N+](=O)[O-])cc1OC(F)F. The molecular formula is C11H11F2NO4. The molecule has 0 aliphatic carbocycles. The zero-order valence-corrected chi connectivity index (χ0v) is 9.72. The van der Waals surface area contributed by atoms with Crippen LogP contribution < -0.4 is 9.47 Å². The average Bonchev–Trinajstić information content (AvgIpc) is 2.28. The first-order valence-electron chi connectivity index (χ1n) is 4.89. The van der Waals surface area contributed by atoms with Crippen LogP contribution in [0.15, 0.2) is 23.9 Å². The number of hydrogen-bond acceptors (Lipinski definition) is 4. The van der Waals surface area contributed by atoms with Crippen molar-refractivity contribution in [3.05, 3.63) is 39.6 Å². The normalized spacial score (nSPS) is 11.5. The molecule has 1 aromatic carbocycles. The first kappa shape index (κ1) is 13.9. The Labute approximate surface area is 102 Å². The van der Waals surface area contributed by atoms with Crippen LogP contribution in [0.2, 0.25) is 0 Å². The Morgan fingerprint density at radius 3 is 2.61 bits per heavy atom. The molecule has 0 heterocycles. The third-order valence-corrected chi connectivity index (χ3v) is 2.07. The highest BCUT2D eigenvalue weighted by molar-refractivity contribution is 5.56. The second kappa shape index (κ2) is 5.95. The van der Waals surface area contributed by atoms with E-state index in [2.05, 4.69) is 4.74 Å². The zero-order valence-electron chi connectivity index (χ0n) is 9.72. The van der Waals surface area contributed by atoms with E-state index in [-0.39, 0.29) is 17.2 Å². The average molecular weight is 259 g/mol. The van der Waals surface area contributed by atoms with Gasteiger partial charge in [-0.25, -0.2) is 0 Å². The third-order valence-electron chi connectivity index (χ3n) is 2.07. The number of methoxy groups -OCH3 is 1. The molecule has 0 fully saturated rings. The predicted octanol–water partition coefficient (Wildman–Crippen LogP) is 2.93. The van der Waals surface area contributed by atoms with E-state index >= 15 is 0 Å². The molecule has 1 rings (SSSR count). The van der Waals surface area contributed by atoms with E-state index in [0.29, 0.717) is 5.56 Å². The molecule has 0 aliphatic heterocycles. The summed E-state index contributed by atoms with van der Waals surface area (Å²) < 4.78 is 33.4. The standard InChI is InChI=1S/C11H11F2NO4/c1-7(14(15)16)5-8-3-4-9(17-2)10(6-8)18-11(12)13/h3-6,11H,1-2H3/b7-5-. The van der Waals surface area contributed by atoms with Crippen molar-refractivity contribution in [2.24, 2.45) is 0 Å². The highest BCUT2D eigenvalue weighted by Gasteiger charge is 2.11. The molecule has 0 bridgehead atoms. The number of allylic oxidation sites excluding steroid dienone is 1. The third kappa shape index (κ3) is 3.69. The summed E-state index contributed by atoms with van der Waals surface area (Å²) in [6, 6.07) is 4.15. The number of benzene rings is 1. The fourth-order valence-corrected chi connectivity index (χ4v) is 1.27. The Hall–Kier alpha value is -2.18. The summed E-state index contributed by atoms with van der Waals surface area (Å²) in [6.45, 7) is -1.69. The largest absolute Gasteiger partial charge is 0.493 e. The van der Waals surface area contributed by atoms with E-state index in [1.54, 1.807) is 0 Å². The van der Waals surface area contributed by atoms with Gasteiger partial charge < -0.3 is 9.47 Å². The Kier molecular flexibility index (Phi) is 4.59. The summed E-state index contributed by atoms with van der Waals surface area (Å²) in [4.78, 5) is 9.88. The summed E-state index contributed by atoms with van der Waals surface area (Å²) in [6.07, 6.45) is 1.25. The van der Waals surface area contributed by atoms with Crippen molar-refractivity contribution in [3.8, 4) is 11.5 Å². The van der Waals surface area contributed by atoms with Gasteiger partial charge in [0, 0.05) is 13.0 Å². The Balaban J connectivity index is 3.10. The number of hydrogen-bond donors (Lipinski definition) is 0. The van der Waals surface area contributed by atoms with Crippen molar-refractivity contribution in [3.63, 3.8) is 0 Å². The highest BCUT2D eigenvalue weighted by Crippen LogP contribution is 2.30. The van der Waals surface area contributed by atoms with Crippen LogP contribution in [0.25, 0.3) is 6.08 Å². The molecule has 0 unspecified atom stereocenters. The monoisotopic (exact) mass is 259 g/mol. The second-order valence-corrected chi connectivity index (χ2v) is 3.33. The highest BCUT2D eigenvalue weighted by atomic mass is 19.3. The molecule has 0 radical (unpaired) electrons. The van der Waals surface area contributed by atoms with Gasteiger partial charge in [-0.3, -0.25) is 10.1 Å². The van der Waals surface area contributed by atoms with Crippen LogP contribution in [0.1, 0.15) is 12.5 Å². The van der Waals surface area contributed by atoms with Crippen LogP contribution in [-0.4, -0.2) is 18.6 Å². The van der Waals surface area contributed by atoms with Crippen molar-refractivity contribution >= 4 is 6.08 Å². The van der Waals surface area contributed by atoms with Gasteiger partial charge in [0.1, 0.15) is 0 Å². The van der Waals surface area contributed by atoms with Crippen molar-refractivity contribution in [2.75, 3.05) is 7.11 Å². The summed E-state index contributed by atoms with van der Waals surface area (Å²) in [7, 11) is 1.31. The minimum atomic E-state index is -2.99. The molecule has 1 aromatic rings. The van der Waals surface area contributed by atoms with Gasteiger partial charge in [-0.2, -0.15) is 8.78 Å². The van der Waals surface area contributed by atoms with Gasteiger partial charge >= 0.3 is 6.61 Å². The molecule has 0 N–H and O–H groups in total. The Morgan fingerprint density at radius 2 is 2.11 bits per heavy atom. The molecular weight excluding hydrogens is 248 g/mol. The van der Waals surface area contributed by atoms with Crippen LogP contribution in [0, 0.1) is 10.1 Å². The number of halogens is 2. The minimum absolute atomic E-state index is 0.108. The van der Waals surface area contributed by atoms with Crippen LogP contribution in [0.4, 0.5) is 8.78 Å². The van der Waals surface area contributed by atoms with E-state index in [0.717, 1.165) is 0 Å². The number of ether oxygens (including phenoxy) is 2. The summed E-state index contributed by atoms with van der Waals surface area (Å²) in [5.41, 5.74) is 0.267. The molecule has 0 saturated carbocycles. The first-order valence-corrected chi connectivity index (χ1v) is 4.89. The molecule has 0 saturated heterocycles. The van der Waals surface area contributed by atoms with E-state index in [1.807, 2.05) is 0 Å². The van der Waals surface area contributed by atoms with E-state index < -0.39 is 11.5 Å². The molecule has 5 nitrogen and oxygen atoms in total. The van der Waals surface area contributed by atoms with Gasteiger partial charge in [0.25, 0.3) is 0 Å². The van der Waals surface area contributed by atoms with Crippen LogP contribution in [-0.2, 0) is 0 Å². The van der Waals surface area contributed by atoms with Gasteiger partial charge in [0.05, 0.1) is 12.0 Å². The maximum Gasteiger partial charge on any atom is 0.387 e. The first-order chi connectivity index (χ1) is 8.43. The maximum absolute atomic E-state index is 12.2. The summed E-state index contributed by atoms with van der Waals surface area (Å²) in [5, 5.41) is 10.5. The topological polar surface area (TPSA) is 61.6 Å². The quantitative estimate of drug-likeness (QED) is 0.602. The van der Waals surface area contributed by atoms with Crippen LogP contribution in [0.3, 0.4) is 0 Å². The van der Waals surface area contributed by atoms with Gasteiger partial charge in [-0.15, -0.1) is 0 Å². The van der Waals surface area contributed by atoms with E-state index in [1.165, 1.54) is 38.3 Å². The van der Waals surface area contributed by atoms with E-state index in [4.69, 9.17) is 4.74 Å².